The third-order valence-electron chi connectivity index (χ3n) is 7.22. The Morgan fingerprint density at radius 3 is 2.29 bits per heavy atom. The highest BCUT2D eigenvalue weighted by Gasteiger charge is 2.41. The van der Waals surface area contributed by atoms with Crippen molar-refractivity contribution in [1.82, 2.24) is 9.88 Å². The highest BCUT2D eigenvalue weighted by molar-refractivity contribution is 6.74. The first kappa shape index (κ1) is 33.1. The number of fused-ring (bicyclic) bond motifs is 1. The molecule has 1 heterocycles. The maximum atomic E-state index is 14.7. The van der Waals surface area contributed by atoms with Crippen LogP contribution in [0.4, 0.5) is 9.18 Å². The number of amides is 1. The summed E-state index contributed by atoms with van der Waals surface area (Å²) in [6.07, 6.45) is -1.47. The molecule has 3 N–H and O–H groups in total. The number of phenols is 1. The molecule has 0 spiro atoms. The Balaban J connectivity index is 2.17. The van der Waals surface area contributed by atoms with Crippen LogP contribution < -0.4 is 5.56 Å². The molecule has 3 rings (SSSR count). The molecule has 1 atom stereocenters. The minimum atomic E-state index is -2.50. The van der Waals surface area contributed by atoms with Gasteiger partial charge in [0.2, 0.25) is 5.56 Å². The third kappa shape index (κ3) is 7.70. The number of aromatic carboxylic acids is 1. The van der Waals surface area contributed by atoms with Gasteiger partial charge >= 0.3 is 12.1 Å². The summed E-state index contributed by atoms with van der Waals surface area (Å²) in [6, 6.07) is 8.39. The Bertz CT molecular complexity index is 1540. The topological polar surface area (TPSA) is 129 Å². The lowest BCUT2D eigenvalue weighted by Gasteiger charge is -2.41. The number of carboxylic acid groups (broad SMARTS) is 1. The van der Waals surface area contributed by atoms with Crippen molar-refractivity contribution in [2.75, 3.05) is 6.54 Å². The van der Waals surface area contributed by atoms with E-state index < -0.39 is 49.0 Å². The molecule has 1 aromatic heterocycles. The summed E-state index contributed by atoms with van der Waals surface area (Å²) in [6.45, 7) is 15.3. The van der Waals surface area contributed by atoms with Gasteiger partial charge in [-0.1, -0.05) is 38.4 Å². The molecule has 3 aromatic rings. The number of nitrogens with one attached hydrogen (secondary N) is 1. The molecule has 0 radical (unpaired) electrons. The highest BCUT2D eigenvalue weighted by Crippen LogP contribution is 2.41. The fraction of sp³-hybridized carbons (Fsp3) is 0.433. The number of carboxylic acids is 1. The largest absolute Gasteiger partial charge is 0.506 e. The second-order valence-corrected chi connectivity index (χ2v) is 17.9. The number of phenolic OH excluding ortho intramolecular Hbond substituents is 1. The van der Waals surface area contributed by atoms with E-state index in [0.717, 1.165) is 6.07 Å². The Labute approximate surface area is 250 Å². The van der Waals surface area contributed by atoms with Crippen molar-refractivity contribution in [1.29, 1.82) is 0 Å². The zero-order chi connectivity index (χ0) is 31.8. The van der Waals surface area contributed by atoms with Crippen molar-refractivity contribution in [3.8, 4) is 5.75 Å². The molecule has 0 aliphatic carbocycles. The van der Waals surface area contributed by atoms with Gasteiger partial charge in [-0.15, -0.1) is 0 Å². The first-order valence-electron chi connectivity index (χ1n) is 13.4. The molecule has 0 aliphatic rings. The van der Waals surface area contributed by atoms with E-state index in [9.17, 15) is 29.0 Å². The van der Waals surface area contributed by atoms with E-state index in [-0.39, 0.29) is 40.0 Å². The normalized spacial score (nSPS) is 13.2. The number of benzene rings is 2. The summed E-state index contributed by atoms with van der Waals surface area (Å²) in [5.74, 6) is -2.66. The van der Waals surface area contributed by atoms with E-state index in [2.05, 4.69) is 38.8 Å². The summed E-state index contributed by atoms with van der Waals surface area (Å²) in [4.78, 5) is 41.1. The summed E-state index contributed by atoms with van der Waals surface area (Å²) >= 11 is 6.10. The van der Waals surface area contributed by atoms with Crippen molar-refractivity contribution < 1.29 is 33.4 Å². The number of aromatic amines is 1. The average Bonchev–Trinajstić information content (AvgIpc) is 2.81. The molecule has 2 aromatic carbocycles. The molecule has 0 bridgehead atoms. The molecule has 9 nitrogen and oxygen atoms in total. The molecule has 0 unspecified atom stereocenters. The highest BCUT2D eigenvalue weighted by atomic mass is 35.5. The summed E-state index contributed by atoms with van der Waals surface area (Å²) in [7, 11) is -2.50. The van der Waals surface area contributed by atoms with Gasteiger partial charge in [0.15, 0.2) is 8.32 Å². The quantitative estimate of drug-likeness (QED) is 0.227. The number of H-pyrrole nitrogens is 1. The van der Waals surface area contributed by atoms with Crippen molar-refractivity contribution >= 4 is 42.9 Å². The second kappa shape index (κ2) is 12.1. The lowest BCUT2D eigenvalue weighted by atomic mass is 10.0. The lowest BCUT2D eigenvalue weighted by molar-refractivity contribution is 0.0137. The number of hydrogen-bond donors (Lipinski definition) is 3. The summed E-state index contributed by atoms with van der Waals surface area (Å²) in [5.41, 5.74) is -0.817. The Morgan fingerprint density at radius 1 is 1.10 bits per heavy atom. The van der Waals surface area contributed by atoms with Gasteiger partial charge in [0.25, 0.3) is 0 Å². The van der Waals surface area contributed by atoms with Crippen LogP contribution in [0.25, 0.3) is 10.9 Å². The lowest BCUT2D eigenvalue weighted by Crippen LogP contribution is -2.45. The van der Waals surface area contributed by atoms with Crippen LogP contribution in [0.15, 0.2) is 41.2 Å². The van der Waals surface area contributed by atoms with Gasteiger partial charge in [-0.2, -0.15) is 0 Å². The number of carbonyl (C=O) groups is 2. The van der Waals surface area contributed by atoms with Crippen molar-refractivity contribution in [3.63, 3.8) is 0 Å². The smallest absolute Gasteiger partial charge is 0.410 e. The Hall–Kier alpha value is -3.41. The molecular weight excluding hydrogens is 583 g/mol. The third-order valence-corrected chi connectivity index (χ3v) is 12.0. The van der Waals surface area contributed by atoms with E-state index in [1.807, 2.05) is 0 Å². The number of aromatic hydroxyl groups is 1. The van der Waals surface area contributed by atoms with Crippen molar-refractivity contribution in [2.45, 2.75) is 77.9 Å². The molecule has 42 heavy (non-hydrogen) atoms. The second-order valence-electron chi connectivity index (χ2n) is 12.8. The number of ether oxygens (including phenoxy) is 1. The number of aromatic nitrogens is 1. The molecule has 0 saturated heterocycles. The van der Waals surface area contributed by atoms with Crippen molar-refractivity contribution in [3.05, 3.63) is 74.3 Å². The van der Waals surface area contributed by atoms with Crippen LogP contribution in [-0.4, -0.2) is 52.6 Å². The van der Waals surface area contributed by atoms with Crippen LogP contribution in [0, 0.1) is 5.82 Å². The van der Waals surface area contributed by atoms with E-state index in [0.29, 0.717) is 10.9 Å². The predicted molar refractivity (Wildman–Crippen MR) is 162 cm³/mol. The van der Waals surface area contributed by atoms with E-state index in [1.165, 1.54) is 23.1 Å². The van der Waals surface area contributed by atoms with Gasteiger partial charge in [-0.25, -0.2) is 14.0 Å². The molecule has 0 saturated carbocycles. The van der Waals surface area contributed by atoms with Crippen LogP contribution in [0.2, 0.25) is 23.2 Å². The summed E-state index contributed by atoms with van der Waals surface area (Å²) in [5, 5.41) is 19.8. The monoisotopic (exact) mass is 620 g/mol. The first-order valence-corrected chi connectivity index (χ1v) is 16.7. The van der Waals surface area contributed by atoms with Crippen LogP contribution >= 0.6 is 11.6 Å². The number of nitrogens with zero attached hydrogens (tertiary/aromatic N) is 1. The molecule has 12 heteroatoms. The number of carbonyl (C=O) groups excluding carboxylic acids is 1. The van der Waals surface area contributed by atoms with Crippen LogP contribution in [0.3, 0.4) is 0 Å². The van der Waals surface area contributed by atoms with Gasteiger partial charge in [-0.05, 0) is 74.3 Å². The van der Waals surface area contributed by atoms with Gasteiger partial charge in [-0.3, -0.25) is 4.79 Å². The standard InChI is InChI=1S/C30H38ClFN2O7Si/c1-29(2,3)40-28(39)34(15-17-13-20(31)25(27(37)38)21(32)14-17)16-23(41-42(7,8)30(4,5)6)18-9-11-22(35)26-19(18)10-12-24(36)33-26/h9-14,23,35H,15-16H2,1-8H3,(H,33,36)(H,37,38)/t23-/m0/s1. The van der Waals surface area contributed by atoms with Gasteiger partial charge < -0.3 is 29.3 Å². The minimum Gasteiger partial charge on any atom is -0.506 e. The molecular formula is C30H38ClFN2O7Si. The fourth-order valence-corrected chi connectivity index (χ4v) is 5.72. The van der Waals surface area contributed by atoms with Gasteiger partial charge in [0.05, 0.1) is 23.2 Å². The first-order chi connectivity index (χ1) is 19.2. The maximum Gasteiger partial charge on any atom is 0.410 e. The van der Waals surface area contributed by atoms with E-state index >= 15 is 0 Å². The number of halogens is 2. The van der Waals surface area contributed by atoms with Crippen molar-refractivity contribution in [2.24, 2.45) is 0 Å². The number of hydrogen-bond acceptors (Lipinski definition) is 6. The molecule has 228 valence electrons. The molecule has 0 aliphatic heterocycles. The summed E-state index contributed by atoms with van der Waals surface area (Å²) < 4.78 is 27.3. The Kier molecular flexibility index (Phi) is 9.50. The Morgan fingerprint density at radius 2 is 1.74 bits per heavy atom. The fourth-order valence-electron chi connectivity index (χ4n) is 4.14. The van der Waals surface area contributed by atoms with Crippen LogP contribution in [0.5, 0.6) is 5.75 Å². The van der Waals surface area contributed by atoms with E-state index in [1.54, 1.807) is 32.9 Å². The van der Waals surface area contributed by atoms with Gasteiger partial charge in [0, 0.05) is 18.0 Å². The minimum absolute atomic E-state index is 0.0552. The average molecular weight is 621 g/mol. The molecule has 1 amide bonds. The zero-order valence-electron chi connectivity index (χ0n) is 25.1. The number of pyridine rings is 1. The van der Waals surface area contributed by atoms with Crippen LogP contribution in [0.1, 0.15) is 69.1 Å². The number of rotatable bonds is 8. The zero-order valence-corrected chi connectivity index (χ0v) is 26.9. The predicted octanol–water partition coefficient (Wildman–Crippen LogP) is 7.22. The molecule has 0 fully saturated rings. The SMILES string of the molecule is CC(C)(C)OC(=O)N(Cc1cc(F)c(C(=O)O)c(Cl)c1)C[C@H](O[Si](C)(C)C(C)(C)C)c1ccc(O)c2[nH]c(=O)ccc12. The van der Waals surface area contributed by atoms with Crippen LogP contribution in [-0.2, 0) is 15.7 Å². The van der Waals surface area contributed by atoms with Gasteiger partial charge in [0.1, 0.15) is 22.7 Å². The van der Waals surface area contributed by atoms with E-state index in [4.69, 9.17) is 20.8 Å². The maximum absolute atomic E-state index is 14.7.